The van der Waals surface area contributed by atoms with Gasteiger partial charge in [-0.05, 0) is 65.0 Å². The van der Waals surface area contributed by atoms with Crippen LogP contribution in [0.1, 0.15) is 37.0 Å². The quantitative estimate of drug-likeness (QED) is 0.109. The number of hydrogen-bond donors (Lipinski definition) is 10. The Morgan fingerprint density at radius 2 is 1.13 bits per heavy atom. The highest BCUT2D eigenvalue weighted by molar-refractivity contribution is 5.87. The summed E-state index contributed by atoms with van der Waals surface area (Å²) in [6.45, 7) is 7.74. The Balaban J connectivity index is -0.000000258. The molecule has 2 rings (SSSR count). The van der Waals surface area contributed by atoms with E-state index in [0.29, 0.717) is 17.5 Å². The number of nitrogens with zero attached hydrogens (tertiary/aromatic N) is 2. The molecule has 1 aliphatic rings. The maximum Gasteiger partial charge on any atom is 0.335 e. The van der Waals surface area contributed by atoms with Gasteiger partial charge in [-0.3, -0.25) is 0 Å². The zero-order chi connectivity index (χ0) is 34.7. The van der Waals surface area contributed by atoms with Crippen LogP contribution in [0.4, 0.5) is 0 Å². The van der Waals surface area contributed by atoms with E-state index in [2.05, 4.69) is 37.7 Å². The van der Waals surface area contributed by atoms with Crippen molar-refractivity contribution in [3.8, 4) is 0 Å². The first-order valence-electron chi connectivity index (χ1n) is 13.2. The van der Waals surface area contributed by atoms with Crippen molar-refractivity contribution < 1.29 is 86.0 Å². The largest absolute Gasteiger partial charge is 0.479 e. The second-order valence-electron chi connectivity index (χ2n) is 10.1. The minimum absolute atomic E-state index is 0. The lowest BCUT2D eigenvalue weighted by Crippen LogP contribution is -2.47. The molecule has 1 heterocycles. The Hall–Kier alpha value is -3.79. The molecule has 1 fully saturated rings. The summed E-state index contributed by atoms with van der Waals surface area (Å²) in [5.74, 6) is -7.52. The SMILES string of the molecule is CC1CN(CCCN(C)C)C(C)CC1O.O.O.O=C(O)C(O)C(O)C(=O)O.O=C(O)C(O)C(O)C(=O)O.O=C(O)c1ccccc1. The van der Waals surface area contributed by atoms with E-state index in [-0.39, 0.29) is 17.1 Å². The molecule has 1 aromatic carbocycles. The molecule has 0 aromatic heterocycles. The maximum absolute atomic E-state index is 10.2. The Morgan fingerprint density at radius 1 is 0.761 bits per heavy atom. The van der Waals surface area contributed by atoms with Crippen LogP contribution in [0.25, 0.3) is 0 Å². The maximum atomic E-state index is 10.2. The Kier molecular flexibility index (Phi) is 27.1. The minimum atomic E-state index is -2.27. The first-order chi connectivity index (χ1) is 20.2. The van der Waals surface area contributed by atoms with Crippen LogP contribution in [0.2, 0.25) is 0 Å². The first kappa shape index (κ1) is 49.1. The van der Waals surface area contributed by atoms with Gasteiger partial charge < -0.3 is 71.8 Å². The summed E-state index contributed by atoms with van der Waals surface area (Å²) in [6.07, 6.45) is -7.00. The van der Waals surface area contributed by atoms with Gasteiger partial charge in [-0.2, -0.15) is 0 Å². The second-order valence-corrected chi connectivity index (χ2v) is 10.1. The van der Waals surface area contributed by atoms with Crippen molar-refractivity contribution in [3.63, 3.8) is 0 Å². The van der Waals surface area contributed by atoms with Gasteiger partial charge in [0.15, 0.2) is 24.4 Å². The van der Waals surface area contributed by atoms with Crippen molar-refractivity contribution in [1.82, 2.24) is 9.80 Å². The van der Waals surface area contributed by atoms with Gasteiger partial charge >= 0.3 is 29.8 Å². The Labute approximate surface area is 264 Å². The average molecular weight is 673 g/mol. The van der Waals surface area contributed by atoms with Crippen LogP contribution in [-0.2, 0) is 19.2 Å². The van der Waals surface area contributed by atoms with E-state index in [1.54, 1.807) is 30.3 Å². The van der Waals surface area contributed by atoms with Crippen LogP contribution in [0.15, 0.2) is 30.3 Å². The van der Waals surface area contributed by atoms with Gasteiger partial charge in [-0.15, -0.1) is 0 Å². The number of hydrogen-bond acceptors (Lipinski definition) is 12. The number of likely N-dealkylation sites (tertiary alicyclic amines) is 1. The van der Waals surface area contributed by atoms with E-state index in [4.69, 9.17) is 46.0 Å². The van der Waals surface area contributed by atoms with Crippen LogP contribution < -0.4 is 0 Å². The van der Waals surface area contributed by atoms with E-state index < -0.39 is 54.3 Å². The van der Waals surface area contributed by atoms with E-state index >= 15 is 0 Å². The molecular weight excluding hydrogens is 624 g/mol. The van der Waals surface area contributed by atoms with Crippen LogP contribution in [0.5, 0.6) is 0 Å². The smallest absolute Gasteiger partial charge is 0.335 e. The fraction of sp³-hybridized carbons (Fsp3) is 0.593. The molecule has 14 N–H and O–H groups in total. The van der Waals surface area contributed by atoms with Crippen molar-refractivity contribution in [2.75, 3.05) is 33.7 Å². The predicted octanol–water partition coefficient (Wildman–Crippen LogP) is -3.48. The molecule has 0 spiro atoms. The third kappa shape index (κ3) is 21.0. The predicted molar refractivity (Wildman–Crippen MR) is 159 cm³/mol. The topological polar surface area (TPSA) is 357 Å². The zero-order valence-corrected chi connectivity index (χ0v) is 25.9. The standard InChI is InChI=1S/C12H26N2O.C7H6O2.2C4H6O6.2H2O/c1-10-9-14(7-5-6-13(3)4)11(2)8-12(10)15;8-7(9)6-4-2-1-3-5-6;2*5-1(3(7)8)2(6)4(9)10;;/h10-12,15H,5-9H2,1-4H3;1-5H,(H,8,9);2*1-2,5-6H,(H,7,8)(H,9,10);2*1H2. The minimum Gasteiger partial charge on any atom is -0.479 e. The van der Waals surface area contributed by atoms with Gasteiger partial charge in [0.25, 0.3) is 0 Å². The lowest BCUT2D eigenvalue weighted by molar-refractivity contribution is -0.165. The molecule has 19 nitrogen and oxygen atoms in total. The number of carbonyl (C=O) groups is 5. The second kappa shape index (κ2) is 25.4. The zero-order valence-electron chi connectivity index (χ0n) is 25.9. The fourth-order valence-electron chi connectivity index (χ4n) is 3.43. The monoisotopic (exact) mass is 672 g/mol. The van der Waals surface area contributed by atoms with Gasteiger partial charge in [-0.1, -0.05) is 25.1 Å². The molecule has 0 amide bonds. The van der Waals surface area contributed by atoms with Crippen molar-refractivity contribution in [2.45, 2.75) is 63.3 Å². The molecule has 0 bridgehead atoms. The van der Waals surface area contributed by atoms with Crippen molar-refractivity contribution in [3.05, 3.63) is 35.9 Å². The van der Waals surface area contributed by atoms with Gasteiger partial charge in [-0.25, -0.2) is 24.0 Å². The molecule has 1 aromatic rings. The van der Waals surface area contributed by atoms with Crippen molar-refractivity contribution in [1.29, 1.82) is 0 Å². The summed E-state index contributed by atoms with van der Waals surface area (Å²) in [5.41, 5.74) is 0.331. The van der Waals surface area contributed by atoms with Crippen LogP contribution >= 0.6 is 0 Å². The summed E-state index contributed by atoms with van der Waals surface area (Å²) in [6, 6.07) is 8.84. The normalized spacial score (nSPS) is 19.6. The fourth-order valence-corrected chi connectivity index (χ4v) is 3.43. The summed E-state index contributed by atoms with van der Waals surface area (Å²) >= 11 is 0. The molecule has 7 atom stereocenters. The first-order valence-corrected chi connectivity index (χ1v) is 13.2. The number of piperidine rings is 1. The highest BCUT2D eigenvalue weighted by atomic mass is 16.4. The van der Waals surface area contributed by atoms with E-state index in [1.807, 2.05) is 0 Å². The average Bonchev–Trinajstić information content (AvgIpc) is 2.95. The molecule has 0 aliphatic carbocycles. The molecule has 0 radical (unpaired) electrons. The molecule has 19 heteroatoms. The number of aliphatic hydroxyl groups is 5. The number of carboxylic acid groups (broad SMARTS) is 5. The van der Waals surface area contributed by atoms with Crippen molar-refractivity contribution in [2.24, 2.45) is 5.92 Å². The van der Waals surface area contributed by atoms with E-state index in [9.17, 15) is 29.1 Å². The third-order valence-electron chi connectivity index (χ3n) is 6.07. The molecule has 46 heavy (non-hydrogen) atoms. The summed E-state index contributed by atoms with van der Waals surface area (Å²) in [5, 5.41) is 83.2. The van der Waals surface area contributed by atoms with Gasteiger partial charge in [0, 0.05) is 12.6 Å². The van der Waals surface area contributed by atoms with Gasteiger partial charge in [0.05, 0.1) is 11.7 Å². The number of aliphatic hydroxyl groups excluding tert-OH is 5. The molecule has 1 saturated heterocycles. The van der Waals surface area contributed by atoms with Crippen LogP contribution in [0.3, 0.4) is 0 Å². The van der Waals surface area contributed by atoms with Crippen molar-refractivity contribution >= 4 is 29.8 Å². The van der Waals surface area contributed by atoms with E-state index in [0.717, 1.165) is 26.1 Å². The molecule has 1 aliphatic heterocycles. The molecule has 0 saturated carbocycles. The summed E-state index contributed by atoms with van der Waals surface area (Å²) in [7, 11) is 4.23. The lowest BCUT2D eigenvalue weighted by atomic mass is 9.92. The lowest BCUT2D eigenvalue weighted by Gasteiger charge is -2.39. The van der Waals surface area contributed by atoms with Crippen LogP contribution in [0, 0.1) is 5.92 Å². The Morgan fingerprint density at radius 3 is 1.41 bits per heavy atom. The number of aliphatic carboxylic acids is 4. The molecule has 7 unspecified atom stereocenters. The molecular formula is C27H48N2O17. The van der Waals surface area contributed by atoms with Gasteiger partial charge in [0.1, 0.15) is 0 Å². The molecule has 268 valence electrons. The number of carboxylic acids is 5. The van der Waals surface area contributed by atoms with Gasteiger partial charge in [0.2, 0.25) is 0 Å². The Bertz CT molecular complexity index is 955. The number of rotatable bonds is 11. The highest BCUT2D eigenvalue weighted by Gasteiger charge is 2.30. The van der Waals surface area contributed by atoms with E-state index in [1.165, 1.54) is 6.42 Å². The summed E-state index contributed by atoms with van der Waals surface area (Å²) in [4.78, 5) is 54.0. The summed E-state index contributed by atoms with van der Waals surface area (Å²) < 4.78 is 0. The highest BCUT2D eigenvalue weighted by Crippen LogP contribution is 2.22. The van der Waals surface area contributed by atoms with Crippen LogP contribution in [-0.4, -0.2) is 172 Å². The third-order valence-corrected chi connectivity index (χ3v) is 6.07. The number of benzene rings is 1. The number of aromatic carboxylic acids is 1.